The number of hydrogen-bond donors (Lipinski definition) is 0. The number of benzene rings is 2. The van der Waals surface area contributed by atoms with Crippen molar-refractivity contribution in [2.75, 3.05) is 13.1 Å². The topological polar surface area (TPSA) is 57.7 Å². The maximum Gasteiger partial charge on any atom is 0.254 e. The lowest BCUT2D eigenvalue weighted by Crippen LogP contribution is -2.36. The van der Waals surface area contributed by atoms with Crippen LogP contribution in [0.2, 0.25) is 0 Å². The van der Waals surface area contributed by atoms with Crippen LogP contribution in [-0.2, 0) is 16.6 Å². The lowest BCUT2D eigenvalue weighted by molar-refractivity contribution is 0.0690. The predicted molar refractivity (Wildman–Crippen MR) is 113 cm³/mol. The van der Waals surface area contributed by atoms with Crippen molar-refractivity contribution in [1.29, 1.82) is 0 Å². The molecule has 0 bridgehead atoms. The minimum atomic E-state index is -3.63. The zero-order chi connectivity index (χ0) is 20.9. The summed E-state index contributed by atoms with van der Waals surface area (Å²) in [5.74, 6) is -0.171. The van der Waals surface area contributed by atoms with E-state index in [4.69, 9.17) is 0 Å². The number of sulfonamides is 1. The summed E-state index contributed by atoms with van der Waals surface area (Å²) >= 11 is 0. The van der Waals surface area contributed by atoms with E-state index >= 15 is 0 Å². The number of carbonyl (C=O) groups is 1. The third-order valence-corrected chi connectivity index (χ3v) is 7.03. The molecule has 28 heavy (non-hydrogen) atoms. The molecule has 0 radical (unpaired) electrons. The van der Waals surface area contributed by atoms with Gasteiger partial charge in [0, 0.05) is 31.2 Å². The fourth-order valence-corrected chi connectivity index (χ4v) is 4.86. The maximum absolute atomic E-state index is 13.2. The van der Waals surface area contributed by atoms with Crippen LogP contribution in [0.4, 0.5) is 0 Å². The van der Waals surface area contributed by atoms with Gasteiger partial charge in [-0.25, -0.2) is 8.42 Å². The smallest absolute Gasteiger partial charge is 0.254 e. The Hall–Kier alpha value is -2.18. The van der Waals surface area contributed by atoms with Gasteiger partial charge in [-0.05, 0) is 44.0 Å². The van der Waals surface area contributed by atoms with Crippen molar-refractivity contribution in [3.05, 3.63) is 65.2 Å². The number of rotatable bonds is 8. The van der Waals surface area contributed by atoms with Gasteiger partial charge in [0.1, 0.15) is 0 Å². The number of hydrogen-bond acceptors (Lipinski definition) is 3. The van der Waals surface area contributed by atoms with Gasteiger partial charge in [0.05, 0.1) is 4.90 Å². The Labute approximate surface area is 169 Å². The van der Waals surface area contributed by atoms with E-state index in [1.54, 1.807) is 24.0 Å². The Morgan fingerprint density at radius 1 is 1.00 bits per heavy atom. The lowest BCUT2D eigenvalue weighted by atomic mass is 10.1. The molecule has 0 aromatic heterocycles. The van der Waals surface area contributed by atoms with E-state index < -0.39 is 10.0 Å². The van der Waals surface area contributed by atoms with Gasteiger partial charge in [-0.3, -0.25) is 4.79 Å². The van der Waals surface area contributed by atoms with Gasteiger partial charge in [-0.15, -0.1) is 0 Å². The van der Waals surface area contributed by atoms with Crippen LogP contribution >= 0.6 is 0 Å². The normalized spacial score (nSPS) is 11.8. The van der Waals surface area contributed by atoms with E-state index in [-0.39, 0.29) is 16.8 Å². The van der Waals surface area contributed by atoms with Crippen molar-refractivity contribution in [1.82, 2.24) is 9.21 Å². The molecule has 2 aromatic carbocycles. The lowest BCUT2D eigenvalue weighted by Gasteiger charge is -2.27. The highest BCUT2D eigenvalue weighted by atomic mass is 32.2. The second-order valence-electron chi connectivity index (χ2n) is 7.08. The molecule has 5 nitrogen and oxygen atoms in total. The number of amides is 1. The SMILES string of the molecule is CCN(CC)S(=O)(=O)c1cc(C(=O)N(Cc2ccccc2)C(C)C)ccc1C. The standard InChI is InChI=1S/C22H30N2O3S/c1-6-23(7-2)28(26,27)21-15-20(14-13-18(21)5)22(25)24(17(3)4)16-19-11-9-8-10-12-19/h8-15,17H,6-7,16H2,1-5H3. The molecular formula is C22H30N2O3S. The Morgan fingerprint density at radius 3 is 2.14 bits per heavy atom. The molecule has 0 saturated carbocycles. The second kappa shape index (κ2) is 9.34. The molecule has 0 saturated heterocycles. The highest BCUT2D eigenvalue weighted by Crippen LogP contribution is 2.23. The number of carbonyl (C=O) groups excluding carboxylic acids is 1. The molecule has 0 spiro atoms. The van der Waals surface area contributed by atoms with Gasteiger partial charge in [0.25, 0.3) is 5.91 Å². The van der Waals surface area contributed by atoms with Crippen molar-refractivity contribution in [2.24, 2.45) is 0 Å². The molecule has 1 amide bonds. The highest BCUT2D eigenvalue weighted by molar-refractivity contribution is 7.89. The van der Waals surface area contributed by atoms with Crippen LogP contribution in [-0.4, -0.2) is 42.7 Å². The van der Waals surface area contributed by atoms with E-state index in [0.29, 0.717) is 30.8 Å². The van der Waals surface area contributed by atoms with Crippen molar-refractivity contribution in [2.45, 2.75) is 52.1 Å². The quantitative estimate of drug-likeness (QED) is 0.669. The van der Waals surface area contributed by atoms with Crippen LogP contribution in [0.5, 0.6) is 0 Å². The molecule has 0 heterocycles. The van der Waals surface area contributed by atoms with Crippen LogP contribution in [0, 0.1) is 6.92 Å². The molecule has 0 atom stereocenters. The van der Waals surface area contributed by atoms with E-state index in [1.807, 2.05) is 58.0 Å². The first-order chi connectivity index (χ1) is 13.2. The number of nitrogens with zero attached hydrogens (tertiary/aromatic N) is 2. The van der Waals surface area contributed by atoms with Crippen LogP contribution < -0.4 is 0 Å². The fraction of sp³-hybridized carbons (Fsp3) is 0.409. The first-order valence-electron chi connectivity index (χ1n) is 9.68. The average Bonchev–Trinajstić information content (AvgIpc) is 2.67. The molecule has 0 aliphatic carbocycles. The summed E-state index contributed by atoms with van der Waals surface area (Å²) in [6.07, 6.45) is 0. The Kier molecular flexibility index (Phi) is 7.38. The largest absolute Gasteiger partial charge is 0.332 e. The van der Waals surface area contributed by atoms with Crippen molar-refractivity contribution < 1.29 is 13.2 Å². The second-order valence-corrected chi connectivity index (χ2v) is 8.99. The van der Waals surface area contributed by atoms with E-state index in [2.05, 4.69) is 0 Å². The molecule has 0 N–H and O–H groups in total. The first-order valence-corrected chi connectivity index (χ1v) is 11.1. The Bertz CT molecular complexity index is 905. The fourth-order valence-electron chi connectivity index (χ4n) is 3.15. The van der Waals surface area contributed by atoms with E-state index in [9.17, 15) is 13.2 Å². The zero-order valence-electron chi connectivity index (χ0n) is 17.3. The summed E-state index contributed by atoms with van der Waals surface area (Å²) in [4.78, 5) is 15.2. The summed E-state index contributed by atoms with van der Waals surface area (Å²) in [6, 6.07) is 14.7. The summed E-state index contributed by atoms with van der Waals surface area (Å²) in [5, 5.41) is 0. The highest BCUT2D eigenvalue weighted by Gasteiger charge is 2.26. The van der Waals surface area contributed by atoms with Crippen molar-refractivity contribution >= 4 is 15.9 Å². The first kappa shape index (κ1) is 22.1. The summed E-state index contributed by atoms with van der Waals surface area (Å²) in [6.45, 7) is 10.6. The molecular weight excluding hydrogens is 372 g/mol. The molecule has 0 aliphatic heterocycles. The van der Waals surface area contributed by atoms with Gasteiger partial charge in [0.2, 0.25) is 10.0 Å². The van der Waals surface area contributed by atoms with Crippen LogP contribution in [0.1, 0.15) is 49.2 Å². The minimum Gasteiger partial charge on any atom is -0.332 e. The molecule has 0 aliphatic rings. The Morgan fingerprint density at radius 2 is 1.61 bits per heavy atom. The molecule has 0 fully saturated rings. The third kappa shape index (κ3) is 4.80. The van der Waals surface area contributed by atoms with Gasteiger partial charge in [-0.2, -0.15) is 4.31 Å². The predicted octanol–water partition coefficient (Wildman–Crippen LogP) is 4.08. The van der Waals surface area contributed by atoms with Gasteiger partial charge in [-0.1, -0.05) is 50.2 Å². The van der Waals surface area contributed by atoms with Crippen molar-refractivity contribution in [3.63, 3.8) is 0 Å². The van der Waals surface area contributed by atoms with E-state index in [0.717, 1.165) is 5.56 Å². The van der Waals surface area contributed by atoms with Gasteiger partial charge in [0.15, 0.2) is 0 Å². The van der Waals surface area contributed by atoms with E-state index in [1.165, 1.54) is 10.4 Å². The molecule has 152 valence electrons. The molecule has 0 unspecified atom stereocenters. The minimum absolute atomic E-state index is 0.0168. The molecule has 2 aromatic rings. The summed E-state index contributed by atoms with van der Waals surface area (Å²) in [5.41, 5.74) is 2.07. The monoisotopic (exact) mass is 402 g/mol. The van der Waals surface area contributed by atoms with Crippen LogP contribution in [0.25, 0.3) is 0 Å². The zero-order valence-corrected chi connectivity index (χ0v) is 18.2. The van der Waals surface area contributed by atoms with Crippen molar-refractivity contribution in [3.8, 4) is 0 Å². The van der Waals surface area contributed by atoms with Gasteiger partial charge < -0.3 is 4.90 Å². The molecule has 6 heteroatoms. The summed E-state index contributed by atoms with van der Waals surface area (Å²) in [7, 11) is -3.63. The van der Waals surface area contributed by atoms with Gasteiger partial charge >= 0.3 is 0 Å². The number of aryl methyl sites for hydroxylation is 1. The maximum atomic E-state index is 13.2. The van der Waals surface area contributed by atoms with Crippen LogP contribution in [0.3, 0.4) is 0 Å². The summed E-state index contributed by atoms with van der Waals surface area (Å²) < 4.78 is 27.4. The molecule has 2 rings (SSSR count). The van der Waals surface area contributed by atoms with Crippen LogP contribution in [0.15, 0.2) is 53.4 Å². The Balaban J connectivity index is 2.42. The average molecular weight is 403 g/mol. The third-order valence-electron chi connectivity index (χ3n) is 4.84.